The number of nitrogens with zero attached hydrogens (tertiary/aromatic N) is 2. The zero-order valence-corrected chi connectivity index (χ0v) is 16.9. The van der Waals surface area contributed by atoms with E-state index in [1.165, 1.54) is 7.11 Å². The molecule has 0 aliphatic heterocycles. The number of methoxy groups -OCH3 is 1. The molecule has 0 aliphatic rings. The second-order valence-corrected chi connectivity index (χ2v) is 6.77. The molecule has 0 amide bonds. The molecular formula is C24H22N2O4. The molecule has 0 bridgehead atoms. The molecule has 0 radical (unpaired) electrons. The fraction of sp³-hybridized carbons (Fsp3) is 0.208. The summed E-state index contributed by atoms with van der Waals surface area (Å²) >= 11 is 0. The zero-order valence-electron chi connectivity index (χ0n) is 16.9. The monoisotopic (exact) mass is 402 g/mol. The van der Waals surface area contributed by atoms with Crippen molar-refractivity contribution in [3.8, 4) is 6.07 Å². The normalized spacial score (nSPS) is 10.3. The first kappa shape index (κ1) is 20.9. The predicted octanol–water partition coefficient (Wildman–Crippen LogP) is 3.96. The first-order chi connectivity index (χ1) is 14.5. The molecule has 0 aliphatic carbocycles. The van der Waals surface area contributed by atoms with Gasteiger partial charge in [0.2, 0.25) is 0 Å². The Labute approximate surface area is 175 Å². The number of esters is 2. The first-order valence-corrected chi connectivity index (χ1v) is 9.56. The quantitative estimate of drug-likeness (QED) is 0.559. The Morgan fingerprint density at radius 1 is 1.03 bits per heavy atom. The highest BCUT2D eigenvalue weighted by Gasteiger charge is 2.17. The Hall–Kier alpha value is -3.85. The molecule has 30 heavy (non-hydrogen) atoms. The molecular weight excluding hydrogens is 380 g/mol. The van der Waals surface area contributed by atoms with Gasteiger partial charge in [0.15, 0.2) is 0 Å². The summed E-state index contributed by atoms with van der Waals surface area (Å²) in [5.74, 6) is -0.761. The minimum atomic E-state index is -0.389. The van der Waals surface area contributed by atoms with Crippen LogP contribution < -0.4 is 0 Å². The lowest BCUT2D eigenvalue weighted by Gasteiger charge is -2.05. The molecule has 2 aromatic carbocycles. The number of rotatable bonds is 7. The fourth-order valence-electron chi connectivity index (χ4n) is 3.23. The maximum Gasteiger partial charge on any atom is 0.339 e. The third kappa shape index (κ3) is 4.95. The molecule has 0 N–H and O–H groups in total. The maximum atomic E-state index is 12.5. The summed E-state index contributed by atoms with van der Waals surface area (Å²) < 4.78 is 11.9. The molecule has 1 heterocycles. The van der Waals surface area contributed by atoms with Gasteiger partial charge in [0.1, 0.15) is 0 Å². The van der Waals surface area contributed by atoms with Gasteiger partial charge >= 0.3 is 11.9 Å². The van der Waals surface area contributed by atoms with Crippen LogP contribution in [0, 0.1) is 11.3 Å². The molecule has 0 saturated heterocycles. The largest absolute Gasteiger partial charge is 0.465 e. The highest BCUT2D eigenvalue weighted by Crippen LogP contribution is 2.19. The van der Waals surface area contributed by atoms with Crippen LogP contribution in [0.2, 0.25) is 0 Å². The van der Waals surface area contributed by atoms with E-state index in [0.717, 1.165) is 16.7 Å². The van der Waals surface area contributed by atoms with Crippen molar-refractivity contribution in [2.45, 2.75) is 19.9 Å². The zero-order chi connectivity index (χ0) is 21.5. The number of hydrogen-bond acceptors (Lipinski definition) is 5. The van der Waals surface area contributed by atoms with E-state index < -0.39 is 0 Å². The third-order valence-corrected chi connectivity index (χ3v) is 4.65. The summed E-state index contributed by atoms with van der Waals surface area (Å²) in [6.07, 6.45) is 4.20. The molecule has 3 aromatic rings. The van der Waals surface area contributed by atoms with Crippen molar-refractivity contribution in [2.75, 3.05) is 13.7 Å². The van der Waals surface area contributed by atoms with Gasteiger partial charge in [-0.2, -0.15) is 5.26 Å². The Morgan fingerprint density at radius 2 is 1.80 bits per heavy atom. The molecule has 0 unspecified atom stereocenters. The van der Waals surface area contributed by atoms with Crippen LogP contribution >= 0.6 is 0 Å². The number of carbonyl (C=O) groups is 2. The summed E-state index contributed by atoms with van der Waals surface area (Å²) in [6.45, 7) is 2.60. The van der Waals surface area contributed by atoms with Crippen molar-refractivity contribution in [3.63, 3.8) is 0 Å². The van der Waals surface area contributed by atoms with Crippen molar-refractivity contribution in [1.82, 2.24) is 4.57 Å². The van der Waals surface area contributed by atoms with Crippen LogP contribution in [-0.4, -0.2) is 30.2 Å². The van der Waals surface area contributed by atoms with Crippen LogP contribution in [0.1, 0.15) is 49.9 Å². The SMILES string of the molecule is CCOC(=O)c1cn(Cc2cccc(C#N)c2)cc1Cc1ccc(C(=O)OC)cc1. The van der Waals surface area contributed by atoms with E-state index in [1.54, 1.807) is 31.3 Å². The van der Waals surface area contributed by atoms with Gasteiger partial charge in [-0.1, -0.05) is 24.3 Å². The average Bonchev–Trinajstić information content (AvgIpc) is 3.16. The highest BCUT2D eigenvalue weighted by atomic mass is 16.5. The summed E-state index contributed by atoms with van der Waals surface area (Å²) in [7, 11) is 1.34. The smallest absolute Gasteiger partial charge is 0.339 e. The highest BCUT2D eigenvalue weighted by molar-refractivity contribution is 5.91. The van der Waals surface area contributed by atoms with Crippen LogP contribution in [0.4, 0.5) is 0 Å². The molecule has 3 rings (SSSR count). The Morgan fingerprint density at radius 3 is 2.47 bits per heavy atom. The van der Waals surface area contributed by atoms with Crippen LogP contribution in [0.15, 0.2) is 60.9 Å². The van der Waals surface area contributed by atoms with Crippen LogP contribution in [0.3, 0.4) is 0 Å². The van der Waals surface area contributed by atoms with E-state index in [1.807, 2.05) is 41.1 Å². The average molecular weight is 402 g/mol. The second kappa shape index (κ2) is 9.57. The summed E-state index contributed by atoms with van der Waals surface area (Å²) in [5, 5.41) is 9.09. The van der Waals surface area contributed by atoms with E-state index in [2.05, 4.69) is 6.07 Å². The number of benzene rings is 2. The minimum Gasteiger partial charge on any atom is -0.465 e. The van der Waals surface area contributed by atoms with Crippen molar-refractivity contribution in [1.29, 1.82) is 5.26 Å². The topological polar surface area (TPSA) is 81.3 Å². The van der Waals surface area contributed by atoms with Gasteiger partial charge in [0.05, 0.1) is 36.5 Å². The summed E-state index contributed by atoms with van der Waals surface area (Å²) in [6, 6.07) is 16.6. The number of nitriles is 1. The van der Waals surface area contributed by atoms with Gasteiger partial charge in [-0.3, -0.25) is 0 Å². The molecule has 6 nitrogen and oxygen atoms in total. The van der Waals surface area contributed by atoms with Crippen molar-refractivity contribution < 1.29 is 19.1 Å². The van der Waals surface area contributed by atoms with E-state index in [4.69, 9.17) is 14.7 Å². The Kier molecular flexibility index (Phi) is 6.66. The number of aromatic nitrogens is 1. The first-order valence-electron chi connectivity index (χ1n) is 9.56. The van der Waals surface area contributed by atoms with E-state index in [-0.39, 0.29) is 11.9 Å². The molecule has 152 valence electrons. The Balaban J connectivity index is 1.87. The minimum absolute atomic E-state index is 0.293. The van der Waals surface area contributed by atoms with Crippen LogP contribution in [0.5, 0.6) is 0 Å². The maximum absolute atomic E-state index is 12.5. The molecule has 0 saturated carbocycles. The number of hydrogen-bond donors (Lipinski definition) is 0. The fourth-order valence-corrected chi connectivity index (χ4v) is 3.23. The van der Waals surface area contributed by atoms with E-state index in [9.17, 15) is 9.59 Å². The molecule has 0 atom stereocenters. The number of ether oxygens (including phenoxy) is 2. The van der Waals surface area contributed by atoms with Gasteiger partial charge in [-0.25, -0.2) is 9.59 Å². The molecule has 6 heteroatoms. The lowest BCUT2D eigenvalue weighted by Crippen LogP contribution is -2.06. The van der Waals surface area contributed by atoms with Gasteiger partial charge in [-0.15, -0.1) is 0 Å². The van der Waals surface area contributed by atoms with Gasteiger partial charge in [0, 0.05) is 18.9 Å². The van der Waals surface area contributed by atoms with Crippen LogP contribution in [0.25, 0.3) is 0 Å². The van der Waals surface area contributed by atoms with Crippen molar-refractivity contribution in [2.24, 2.45) is 0 Å². The van der Waals surface area contributed by atoms with E-state index in [0.29, 0.717) is 36.3 Å². The molecule has 1 aromatic heterocycles. The predicted molar refractivity (Wildman–Crippen MR) is 111 cm³/mol. The van der Waals surface area contributed by atoms with E-state index >= 15 is 0 Å². The van der Waals surface area contributed by atoms with Crippen molar-refractivity contribution >= 4 is 11.9 Å². The van der Waals surface area contributed by atoms with Gasteiger partial charge in [0.25, 0.3) is 0 Å². The lowest BCUT2D eigenvalue weighted by atomic mass is 10.0. The summed E-state index contributed by atoms with van der Waals surface area (Å²) in [4.78, 5) is 24.1. The second-order valence-electron chi connectivity index (χ2n) is 6.77. The van der Waals surface area contributed by atoms with Gasteiger partial charge < -0.3 is 14.0 Å². The molecule has 0 fully saturated rings. The van der Waals surface area contributed by atoms with Gasteiger partial charge in [-0.05, 0) is 54.3 Å². The van der Waals surface area contributed by atoms with Crippen LogP contribution in [-0.2, 0) is 22.4 Å². The number of carbonyl (C=O) groups excluding carboxylic acids is 2. The van der Waals surface area contributed by atoms with Crippen molar-refractivity contribution in [3.05, 3.63) is 94.3 Å². The standard InChI is InChI=1S/C24H22N2O4/c1-3-30-24(28)22-16-26(14-19-6-4-5-18(11-19)13-25)15-21(22)12-17-7-9-20(10-8-17)23(27)29-2/h4-11,15-16H,3,12,14H2,1-2H3. The third-order valence-electron chi connectivity index (χ3n) is 4.65. The lowest BCUT2D eigenvalue weighted by molar-refractivity contribution is 0.0524. The molecule has 0 spiro atoms. The summed E-state index contributed by atoms with van der Waals surface area (Å²) in [5.41, 5.74) is 4.32. The Bertz CT molecular complexity index is 1090.